The van der Waals surface area contributed by atoms with Crippen molar-refractivity contribution in [3.8, 4) is 0 Å². The summed E-state index contributed by atoms with van der Waals surface area (Å²) in [6.07, 6.45) is 5.73. The van der Waals surface area contributed by atoms with Crippen molar-refractivity contribution in [1.82, 2.24) is 0 Å². The van der Waals surface area contributed by atoms with Gasteiger partial charge in [0.15, 0.2) is 0 Å². The molecular formula is C19H34. The van der Waals surface area contributed by atoms with E-state index >= 15 is 0 Å². The average Bonchev–Trinajstić information content (AvgIpc) is 2.40. The third kappa shape index (κ3) is 1.09. The van der Waals surface area contributed by atoms with Crippen LogP contribution in [-0.2, 0) is 0 Å². The predicted molar refractivity (Wildman–Crippen MR) is 83.0 cm³/mol. The highest BCUT2D eigenvalue weighted by Gasteiger charge is 2.84. The highest BCUT2D eigenvalue weighted by molar-refractivity contribution is 5.31. The maximum Gasteiger partial charge on any atom is -0.0181 e. The fourth-order valence-corrected chi connectivity index (χ4v) is 7.93. The van der Waals surface area contributed by atoms with E-state index in [2.05, 4.69) is 55.4 Å². The van der Waals surface area contributed by atoms with Crippen molar-refractivity contribution >= 4 is 0 Å². The molecule has 0 radical (unpaired) electrons. The Morgan fingerprint density at radius 2 is 1.16 bits per heavy atom. The molecule has 0 aromatic rings. The molecule has 0 aromatic carbocycles. The lowest BCUT2D eigenvalue weighted by Gasteiger charge is -2.86. The molecule has 0 aliphatic heterocycles. The van der Waals surface area contributed by atoms with E-state index in [-0.39, 0.29) is 0 Å². The quantitative estimate of drug-likeness (QED) is 0.509. The van der Waals surface area contributed by atoms with Crippen LogP contribution in [0.15, 0.2) is 0 Å². The fraction of sp³-hybridized carbons (Fsp3) is 1.00. The van der Waals surface area contributed by atoms with Crippen LogP contribution in [0.25, 0.3) is 0 Å². The first kappa shape index (κ1) is 14.0. The van der Waals surface area contributed by atoms with Gasteiger partial charge in [0.25, 0.3) is 0 Å². The minimum absolute atomic E-state index is 0.530. The molecule has 0 spiro atoms. The Labute approximate surface area is 120 Å². The molecule has 0 heteroatoms. The largest absolute Gasteiger partial charge is 0.0619 e. The summed E-state index contributed by atoms with van der Waals surface area (Å²) < 4.78 is 0. The molecule has 0 heterocycles. The molecule has 0 amide bonds. The molecule has 0 N–H and O–H groups in total. The van der Waals surface area contributed by atoms with Gasteiger partial charge in [-0.25, -0.2) is 0 Å². The standard InChI is InChI=1S/C19H34/c1-13-11-14(2)19(8)16(5)10-9-15(3,4)12-17(19,6)18(13,16)7/h13-14H,9-12H2,1-8H3. The third-order valence-corrected chi connectivity index (χ3v) is 9.40. The highest BCUT2D eigenvalue weighted by atomic mass is 14.9. The molecule has 4 atom stereocenters. The molecule has 4 bridgehead atoms. The Hall–Kier alpha value is 0. The van der Waals surface area contributed by atoms with Crippen molar-refractivity contribution in [3.63, 3.8) is 0 Å². The summed E-state index contributed by atoms with van der Waals surface area (Å²) in [5.74, 6) is 1.77. The van der Waals surface area contributed by atoms with Crippen LogP contribution in [0.3, 0.4) is 0 Å². The Morgan fingerprint density at radius 3 is 1.63 bits per heavy atom. The lowest BCUT2D eigenvalue weighted by Crippen LogP contribution is -2.81. The van der Waals surface area contributed by atoms with Crippen LogP contribution in [0.5, 0.6) is 0 Å². The monoisotopic (exact) mass is 262 g/mol. The van der Waals surface area contributed by atoms with Crippen molar-refractivity contribution < 1.29 is 0 Å². The van der Waals surface area contributed by atoms with E-state index in [4.69, 9.17) is 0 Å². The lowest BCUT2D eigenvalue weighted by atomic mass is 9.18. The second kappa shape index (κ2) is 3.25. The number of hydrogen-bond donors (Lipinski definition) is 0. The van der Waals surface area contributed by atoms with Gasteiger partial charge in [-0.3, -0.25) is 0 Å². The van der Waals surface area contributed by atoms with Crippen LogP contribution >= 0.6 is 0 Å². The van der Waals surface area contributed by atoms with Gasteiger partial charge in [0.1, 0.15) is 0 Å². The minimum Gasteiger partial charge on any atom is -0.0619 e. The van der Waals surface area contributed by atoms with Gasteiger partial charge >= 0.3 is 0 Å². The third-order valence-electron chi connectivity index (χ3n) is 9.40. The molecule has 110 valence electrons. The van der Waals surface area contributed by atoms with Gasteiger partial charge in [-0.05, 0) is 64.6 Å². The van der Waals surface area contributed by atoms with E-state index in [0.717, 1.165) is 11.8 Å². The molecular weight excluding hydrogens is 228 g/mol. The van der Waals surface area contributed by atoms with Gasteiger partial charge in [0, 0.05) is 0 Å². The first-order valence-electron chi connectivity index (χ1n) is 8.46. The highest BCUT2D eigenvalue weighted by Crippen LogP contribution is 2.90. The molecule has 4 aliphatic rings. The Kier molecular flexibility index (Phi) is 2.39. The van der Waals surface area contributed by atoms with E-state index in [9.17, 15) is 0 Å². The number of hydrogen-bond acceptors (Lipinski definition) is 0. The summed E-state index contributed by atoms with van der Waals surface area (Å²) in [6.45, 7) is 20.7. The summed E-state index contributed by atoms with van der Waals surface area (Å²) in [7, 11) is 0. The first-order chi connectivity index (χ1) is 8.46. The maximum absolute atomic E-state index is 2.65. The second-order valence-corrected chi connectivity index (χ2v) is 9.95. The number of rotatable bonds is 0. The van der Waals surface area contributed by atoms with Crippen molar-refractivity contribution in [1.29, 1.82) is 0 Å². The fourth-order valence-electron chi connectivity index (χ4n) is 7.93. The molecule has 4 rings (SSSR count). The topological polar surface area (TPSA) is 0 Å². The van der Waals surface area contributed by atoms with E-state index in [0.29, 0.717) is 27.1 Å². The molecule has 0 nitrogen and oxygen atoms in total. The molecule has 0 saturated heterocycles. The van der Waals surface area contributed by atoms with E-state index < -0.39 is 0 Å². The molecule has 4 unspecified atom stereocenters. The van der Waals surface area contributed by atoms with Crippen LogP contribution in [0.4, 0.5) is 0 Å². The molecule has 4 fully saturated rings. The normalized spacial score (nSPS) is 63.2. The second-order valence-electron chi connectivity index (χ2n) is 9.95. The summed E-state index contributed by atoms with van der Waals surface area (Å²) >= 11 is 0. The Morgan fingerprint density at radius 1 is 0.684 bits per heavy atom. The minimum atomic E-state index is 0.530. The van der Waals surface area contributed by atoms with Gasteiger partial charge in [-0.15, -0.1) is 0 Å². The van der Waals surface area contributed by atoms with Gasteiger partial charge in [-0.2, -0.15) is 0 Å². The van der Waals surface area contributed by atoms with Crippen molar-refractivity contribution in [3.05, 3.63) is 0 Å². The van der Waals surface area contributed by atoms with E-state index in [1.54, 1.807) is 0 Å². The molecule has 4 aliphatic carbocycles. The molecule has 19 heavy (non-hydrogen) atoms. The molecule has 4 saturated carbocycles. The SMILES string of the molecule is CC1CC(C)C2(C)C3(C)CCC(C)(C)CC2(C)C13C. The van der Waals surface area contributed by atoms with Crippen LogP contribution in [-0.4, -0.2) is 0 Å². The summed E-state index contributed by atoms with van der Waals surface area (Å²) in [6, 6.07) is 0. The maximum atomic E-state index is 2.65. The van der Waals surface area contributed by atoms with Crippen molar-refractivity contribution in [2.75, 3.05) is 0 Å². The Bertz CT molecular complexity index is 396. The van der Waals surface area contributed by atoms with Crippen LogP contribution in [0.2, 0.25) is 0 Å². The van der Waals surface area contributed by atoms with Gasteiger partial charge < -0.3 is 0 Å². The average molecular weight is 262 g/mol. The van der Waals surface area contributed by atoms with E-state index in [1.165, 1.54) is 25.7 Å². The zero-order valence-electron chi connectivity index (χ0n) is 14.5. The predicted octanol–water partition coefficient (Wildman–Crippen LogP) is 5.91. The van der Waals surface area contributed by atoms with Gasteiger partial charge in [0.2, 0.25) is 0 Å². The zero-order chi connectivity index (χ0) is 14.5. The first-order valence-corrected chi connectivity index (χ1v) is 8.46. The van der Waals surface area contributed by atoms with Crippen molar-refractivity contribution in [2.45, 2.75) is 81.1 Å². The van der Waals surface area contributed by atoms with Gasteiger partial charge in [0.05, 0.1) is 0 Å². The lowest BCUT2D eigenvalue weighted by molar-refractivity contribution is -0.386. The Balaban J connectivity index is 2.22. The van der Waals surface area contributed by atoms with Crippen LogP contribution in [0.1, 0.15) is 81.1 Å². The van der Waals surface area contributed by atoms with E-state index in [1.807, 2.05) is 0 Å². The van der Waals surface area contributed by atoms with Crippen molar-refractivity contribution in [2.24, 2.45) is 38.9 Å². The van der Waals surface area contributed by atoms with Gasteiger partial charge in [-0.1, -0.05) is 55.4 Å². The summed E-state index contributed by atoms with van der Waals surface area (Å²) in [5, 5.41) is 0. The summed E-state index contributed by atoms with van der Waals surface area (Å²) in [4.78, 5) is 0. The molecule has 0 aromatic heterocycles. The summed E-state index contributed by atoms with van der Waals surface area (Å²) in [5.41, 5.74) is 2.72. The number of fused-ring (bicyclic) bond motifs is 2. The smallest absolute Gasteiger partial charge is 0.0181 e. The van der Waals surface area contributed by atoms with Crippen LogP contribution in [0, 0.1) is 38.9 Å². The zero-order valence-corrected chi connectivity index (χ0v) is 14.5. The van der Waals surface area contributed by atoms with Crippen LogP contribution < -0.4 is 0 Å².